The van der Waals surface area contributed by atoms with Crippen LogP contribution in [-0.2, 0) is 4.79 Å². The van der Waals surface area contributed by atoms with Gasteiger partial charge in [0.05, 0.1) is 23.4 Å². The lowest BCUT2D eigenvalue weighted by Crippen LogP contribution is -2.52. The van der Waals surface area contributed by atoms with Crippen molar-refractivity contribution in [3.05, 3.63) is 57.0 Å². The average Bonchev–Trinajstić information content (AvgIpc) is 2.85. The quantitative estimate of drug-likeness (QED) is 0.508. The second-order valence-electron chi connectivity index (χ2n) is 9.35. The first-order valence-corrected chi connectivity index (χ1v) is 13.4. The van der Waals surface area contributed by atoms with Crippen LogP contribution in [0.25, 0.3) is 0 Å². The molecule has 2 saturated heterocycles. The van der Waals surface area contributed by atoms with Gasteiger partial charge in [0.15, 0.2) is 0 Å². The van der Waals surface area contributed by atoms with Crippen molar-refractivity contribution in [1.29, 1.82) is 0 Å². The number of anilines is 2. The number of carbonyl (C=O) groups is 1. The van der Waals surface area contributed by atoms with E-state index >= 15 is 0 Å². The molecule has 1 atom stereocenters. The number of β-amino-alcohol motifs (C(OH)–C–C–N with tert-alkyl or cyclic N) is 1. The standard InChI is InChI=1S/C26H33Cl3N4O2/c1-18(22-4-2-20(27)16-24(22)29)30-25-17-21(3-5-23(25)28)32-8-6-19(7-9-32)26(35)33-12-10-31(11-13-33)14-15-34/h2-5,16-19,30,34H,6-15H2,1H3/t18-/m1/s1. The molecule has 2 fully saturated rings. The summed E-state index contributed by atoms with van der Waals surface area (Å²) in [6, 6.07) is 11.5. The number of halogens is 3. The fourth-order valence-electron chi connectivity index (χ4n) is 4.96. The van der Waals surface area contributed by atoms with E-state index in [0.717, 1.165) is 69.0 Å². The van der Waals surface area contributed by atoms with Gasteiger partial charge in [-0.15, -0.1) is 0 Å². The number of aliphatic hydroxyl groups is 1. The number of nitrogens with one attached hydrogen (secondary N) is 1. The van der Waals surface area contributed by atoms with Crippen molar-refractivity contribution in [2.45, 2.75) is 25.8 Å². The molecule has 2 aromatic carbocycles. The normalized spacial score (nSPS) is 18.5. The molecule has 2 aromatic rings. The number of benzene rings is 2. The van der Waals surface area contributed by atoms with Crippen molar-refractivity contribution < 1.29 is 9.90 Å². The molecule has 2 N–H and O–H groups in total. The highest BCUT2D eigenvalue weighted by molar-refractivity contribution is 6.35. The SMILES string of the molecule is C[C@@H](Nc1cc(N2CCC(C(=O)N3CCN(CCO)CC3)CC2)ccc1Cl)c1ccc(Cl)cc1Cl. The first-order valence-electron chi connectivity index (χ1n) is 12.2. The van der Waals surface area contributed by atoms with Crippen LogP contribution in [0.5, 0.6) is 0 Å². The summed E-state index contributed by atoms with van der Waals surface area (Å²) in [6.07, 6.45) is 1.69. The van der Waals surface area contributed by atoms with Crippen molar-refractivity contribution >= 4 is 52.1 Å². The summed E-state index contributed by atoms with van der Waals surface area (Å²) in [7, 11) is 0. The Morgan fingerprint density at radius 3 is 2.37 bits per heavy atom. The number of hydrogen-bond donors (Lipinski definition) is 2. The first kappa shape index (κ1) is 26.4. The predicted molar refractivity (Wildman–Crippen MR) is 145 cm³/mol. The highest BCUT2D eigenvalue weighted by Crippen LogP contribution is 2.34. The van der Waals surface area contributed by atoms with Crippen LogP contribution in [0.1, 0.15) is 31.4 Å². The minimum Gasteiger partial charge on any atom is -0.395 e. The van der Waals surface area contributed by atoms with Crippen molar-refractivity contribution in [2.75, 3.05) is 62.6 Å². The Kier molecular flexibility index (Phi) is 9.06. The molecular weight excluding hydrogens is 507 g/mol. The minimum atomic E-state index is -0.0475. The van der Waals surface area contributed by atoms with Gasteiger partial charge in [0, 0.05) is 67.5 Å². The lowest BCUT2D eigenvalue weighted by Gasteiger charge is -2.39. The number of piperazine rings is 1. The van der Waals surface area contributed by atoms with E-state index in [-0.39, 0.29) is 24.5 Å². The monoisotopic (exact) mass is 538 g/mol. The molecule has 4 rings (SSSR count). The van der Waals surface area contributed by atoms with Gasteiger partial charge in [-0.3, -0.25) is 9.69 Å². The van der Waals surface area contributed by atoms with Gasteiger partial charge < -0.3 is 20.2 Å². The van der Waals surface area contributed by atoms with Crippen molar-refractivity contribution in [2.24, 2.45) is 5.92 Å². The molecule has 1 amide bonds. The average molecular weight is 540 g/mol. The molecule has 9 heteroatoms. The van der Waals surface area contributed by atoms with Crippen LogP contribution in [0, 0.1) is 5.92 Å². The molecule has 190 valence electrons. The number of nitrogens with zero attached hydrogens (tertiary/aromatic N) is 3. The van der Waals surface area contributed by atoms with E-state index < -0.39 is 0 Å². The molecule has 2 aliphatic heterocycles. The maximum Gasteiger partial charge on any atom is 0.225 e. The summed E-state index contributed by atoms with van der Waals surface area (Å²) in [4.78, 5) is 19.6. The smallest absolute Gasteiger partial charge is 0.225 e. The van der Waals surface area contributed by atoms with Crippen molar-refractivity contribution in [3.8, 4) is 0 Å². The van der Waals surface area contributed by atoms with Gasteiger partial charge >= 0.3 is 0 Å². The Hall–Kier alpha value is -1.70. The Balaban J connectivity index is 1.34. The lowest BCUT2D eigenvalue weighted by molar-refractivity contribution is -0.138. The molecule has 2 heterocycles. The van der Waals surface area contributed by atoms with Gasteiger partial charge in [-0.25, -0.2) is 0 Å². The molecular formula is C26H33Cl3N4O2. The molecule has 0 radical (unpaired) electrons. The van der Waals surface area contributed by atoms with Crippen LogP contribution >= 0.6 is 34.8 Å². The van der Waals surface area contributed by atoms with Crippen LogP contribution in [-0.4, -0.2) is 73.2 Å². The zero-order chi connectivity index (χ0) is 24.9. The van der Waals surface area contributed by atoms with Gasteiger partial charge in [-0.1, -0.05) is 40.9 Å². The van der Waals surface area contributed by atoms with Gasteiger partial charge in [0.25, 0.3) is 0 Å². The largest absolute Gasteiger partial charge is 0.395 e. The molecule has 0 saturated carbocycles. The number of aliphatic hydroxyl groups excluding tert-OH is 1. The summed E-state index contributed by atoms with van der Waals surface area (Å²) in [6.45, 7) is 7.74. The van der Waals surface area contributed by atoms with E-state index in [2.05, 4.69) is 21.2 Å². The summed E-state index contributed by atoms with van der Waals surface area (Å²) < 4.78 is 0. The molecule has 0 aromatic heterocycles. The summed E-state index contributed by atoms with van der Waals surface area (Å²) in [5.41, 5.74) is 2.89. The van der Waals surface area contributed by atoms with Gasteiger partial charge in [-0.2, -0.15) is 0 Å². The summed E-state index contributed by atoms with van der Waals surface area (Å²) >= 11 is 18.9. The minimum absolute atomic E-state index is 0.0475. The molecule has 0 aliphatic carbocycles. The van der Waals surface area contributed by atoms with Crippen molar-refractivity contribution in [3.63, 3.8) is 0 Å². The third kappa shape index (κ3) is 6.55. The molecule has 6 nitrogen and oxygen atoms in total. The number of hydrogen-bond acceptors (Lipinski definition) is 5. The first-order chi connectivity index (χ1) is 16.9. The van der Waals surface area contributed by atoms with Crippen molar-refractivity contribution in [1.82, 2.24) is 9.80 Å². The number of rotatable bonds is 7. The van der Waals surface area contributed by atoms with Crippen LogP contribution in [0.4, 0.5) is 11.4 Å². The van der Waals surface area contributed by atoms with E-state index in [4.69, 9.17) is 39.9 Å². The highest BCUT2D eigenvalue weighted by Gasteiger charge is 2.30. The van der Waals surface area contributed by atoms with Crippen LogP contribution in [0.3, 0.4) is 0 Å². The number of carbonyl (C=O) groups excluding carboxylic acids is 1. The number of piperidine rings is 1. The topological polar surface area (TPSA) is 59.1 Å². The molecule has 0 bridgehead atoms. The van der Waals surface area contributed by atoms with E-state index in [0.29, 0.717) is 21.6 Å². The van der Waals surface area contributed by atoms with E-state index in [1.54, 1.807) is 6.07 Å². The Labute approximate surface area is 222 Å². The zero-order valence-corrected chi connectivity index (χ0v) is 22.3. The third-order valence-electron chi connectivity index (χ3n) is 7.06. The fraction of sp³-hybridized carbons (Fsp3) is 0.500. The zero-order valence-electron chi connectivity index (χ0n) is 20.0. The Morgan fingerprint density at radius 2 is 1.71 bits per heavy atom. The molecule has 0 unspecified atom stereocenters. The van der Waals surface area contributed by atoms with E-state index in [1.807, 2.05) is 36.1 Å². The summed E-state index contributed by atoms with van der Waals surface area (Å²) in [5.74, 6) is 0.355. The number of amides is 1. The Bertz CT molecular complexity index is 1020. The third-order valence-corrected chi connectivity index (χ3v) is 7.95. The van der Waals surface area contributed by atoms with Gasteiger partial charge in [-0.05, 0) is 55.7 Å². The van der Waals surface area contributed by atoms with Gasteiger partial charge in [0.1, 0.15) is 0 Å². The van der Waals surface area contributed by atoms with Crippen LogP contribution in [0.2, 0.25) is 15.1 Å². The second-order valence-corrected chi connectivity index (χ2v) is 10.6. The van der Waals surface area contributed by atoms with Gasteiger partial charge in [0.2, 0.25) is 5.91 Å². The maximum absolute atomic E-state index is 13.1. The van der Waals surface area contributed by atoms with E-state index in [1.165, 1.54) is 0 Å². The molecule has 0 spiro atoms. The van der Waals surface area contributed by atoms with Crippen LogP contribution in [0.15, 0.2) is 36.4 Å². The lowest BCUT2D eigenvalue weighted by atomic mass is 9.94. The molecule has 35 heavy (non-hydrogen) atoms. The highest BCUT2D eigenvalue weighted by atomic mass is 35.5. The summed E-state index contributed by atoms with van der Waals surface area (Å²) in [5, 5.41) is 14.5. The van der Waals surface area contributed by atoms with E-state index in [9.17, 15) is 4.79 Å². The van der Waals surface area contributed by atoms with Crippen LogP contribution < -0.4 is 10.2 Å². The molecule has 2 aliphatic rings. The Morgan fingerprint density at radius 1 is 1.00 bits per heavy atom. The fourth-order valence-corrected chi connectivity index (χ4v) is 5.70. The second kappa shape index (κ2) is 12.0. The maximum atomic E-state index is 13.1. The predicted octanol–water partition coefficient (Wildman–Crippen LogP) is 5.17.